The molecule has 0 bridgehead atoms. The van der Waals surface area contributed by atoms with Gasteiger partial charge in [-0.1, -0.05) is 105 Å². The molecule has 31 heteroatoms. The molecule has 6 aromatic rings. The first-order valence-electron chi connectivity index (χ1n) is 38.5. The molecular formula is C81H101Cl2N9O16S4. The molecule has 4 saturated heterocycles. The summed E-state index contributed by atoms with van der Waals surface area (Å²) in [5.74, 6) is -1.15. The number of halogens is 2. The van der Waals surface area contributed by atoms with Crippen molar-refractivity contribution in [2.24, 2.45) is 39.4 Å². The van der Waals surface area contributed by atoms with Crippen LogP contribution in [0.5, 0.6) is 23.0 Å². The average molecular weight is 1660 g/mol. The van der Waals surface area contributed by atoms with Crippen molar-refractivity contribution >= 4 is 123 Å². The zero-order chi connectivity index (χ0) is 80.6. The lowest BCUT2D eigenvalue weighted by Gasteiger charge is -2.43. The maximum absolute atomic E-state index is 14.6. The number of Topliss-reactive ketones (excluding diaryl/α,β-unsaturated/α-hetero) is 2. The van der Waals surface area contributed by atoms with Gasteiger partial charge in [0.05, 0.1) is 87.2 Å². The number of sulfonamides is 2. The largest absolute Gasteiger partial charge is 0.490 e. The van der Waals surface area contributed by atoms with E-state index in [1.807, 2.05) is 76.6 Å². The lowest BCUT2D eigenvalue weighted by Crippen LogP contribution is -2.66. The molecule has 12 atom stereocenters. The van der Waals surface area contributed by atoms with Crippen LogP contribution >= 0.6 is 45.9 Å². The summed E-state index contributed by atoms with van der Waals surface area (Å²) >= 11 is 16.9. The first kappa shape index (κ1) is 82.8. The molecule has 8 heterocycles. The standard InChI is InChI=1S/C41H51ClN4O8S2.C40H50ClN5O8S2/c1-8-23-19-41(23,39(49)45-56(50,51)24-9-10-24)20-31(47)30-18-34(29-13-12-26(40(4,5)6)38(48)46(29)30)54-33-17-27(37-44-28(21-55-37)22(2)3)43-36-25(33)11-14-32(35(36)42)53-16-15-52-7;1-8-22-17-40(22,38(49)45-56(50,51)23-9-10-23)18-29(47)27-16-32(28-19-42-35(39(4,5)6)37(48)46(27)28)54-31-15-25(36-44-26(20-55-36)21(2)3)43-34-24(31)11-12-30(33(34)41)53-14-13-52-7/h8,11,14,17,21-24,26,29-30,34H,1,9-10,12-13,15-16,18-20H2,2-7H3,(H,45,49);8,11-12,15,20-23,27-28,32,35,42H,1,9-10,13-14,16-19H2,2-7H3,(H,45,49)/t23-,26+,29-,30+,34-,41-;22-,27+,28-,32-,35+,40-/m11/s1. The number of rotatable bonds is 30. The zero-order valence-corrected chi connectivity index (χ0v) is 70.2. The van der Waals surface area contributed by atoms with Crippen LogP contribution in [0.1, 0.15) is 170 Å². The third-order valence-corrected chi connectivity index (χ3v) is 29.4. The molecule has 2 aromatic carbocycles. The zero-order valence-electron chi connectivity index (χ0n) is 65.4. The molecule has 8 aliphatic rings. The van der Waals surface area contributed by atoms with Crippen LogP contribution < -0.4 is 33.7 Å². The van der Waals surface area contributed by atoms with E-state index >= 15 is 0 Å². The quantitative estimate of drug-likeness (QED) is 0.0279. The molecule has 14 rings (SSSR count). The van der Waals surface area contributed by atoms with Crippen LogP contribution in [0.25, 0.3) is 43.2 Å². The second kappa shape index (κ2) is 32.1. The Bertz CT molecular complexity index is 4630. The molecule has 112 heavy (non-hydrogen) atoms. The summed E-state index contributed by atoms with van der Waals surface area (Å²) in [6, 6.07) is 7.54. The predicted molar refractivity (Wildman–Crippen MR) is 430 cm³/mol. The number of benzene rings is 2. The number of aromatic nitrogens is 4. The Kier molecular flexibility index (Phi) is 23.7. The second-order valence-corrected chi connectivity index (χ2v) is 40.3. The molecular weight excluding hydrogens is 1550 g/mol. The monoisotopic (exact) mass is 1650 g/mol. The van der Waals surface area contributed by atoms with Gasteiger partial charge in [-0.05, 0) is 110 Å². The van der Waals surface area contributed by atoms with E-state index in [0.717, 1.165) is 11.4 Å². The number of nitrogens with one attached hydrogen (secondary N) is 3. The number of allylic oxidation sites excluding steroid dienone is 2. The highest BCUT2D eigenvalue weighted by Crippen LogP contribution is 2.59. The molecule has 4 saturated carbocycles. The minimum atomic E-state index is -3.84. The van der Waals surface area contributed by atoms with E-state index in [9.17, 15) is 45.6 Å². The van der Waals surface area contributed by atoms with Gasteiger partial charge in [-0.3, -0.25) is 38.2 Å². The summed E-state index contributed by atoms with van der Waals surface area (Å²) < 4.78 is 91.7. The molecule has 4 aliphatic carbocycles. The van der Waals surface area contributed by atoms with Gasteiger partial charge in [-0.2, -0.15) is 0 Å². The van der Waals surface area contributed by atoms with Crippen molar-refractivity contribution in [3.05, 3.63) is 93.9 Å². The van der Waals surface area contributed by atoms with E-state index in [1.54, 1.807) is 48.3 Å². The summed E-state index contributed by atoms with van der Waals surface area (Å²) in [7, 11) is -4.49. The molecule has 604 valence electrons. The summed E-state index contributed by atoms with van der Waals surface area (Å²) in [4.78, 5) is 108. The molecule has 0 radical (unpaired) electrons. The fourth-order valence-electron chi connectivity index (χ4n) is 16.2. The Morgan fingerprint density at radius 1 is 0.607 bits per heavy atom. The summed E-state index contributed by atoms with van der Waals surface area (Å²) in [5.41, 5.74) is 0.572. The molecule has 0 spiro atoms. The van der Waals surface area contributed by atoms with E-state index < -0.39 is 101 Å². The van der Waals surface area contributed by atoms with E-state index in [1.165, 1.54) is 22.7 Å². The third kappa shape index (κ3) is 16.7. The van der Waals surface area contributed by atoms with Gasteiger partial charge in [-0.15, -0.1) is 35.8 Å². The molecule has 4 aromatic heterocycles. The third-order valence-electron chi connectivity index (χ3n) is 23.3. The Balaban J connectivity index is 0.000000196. The SMILES string of the molecule is C=C[C@@H]1C[C@]1(CC(=O)[C@@H]1C[C@@H](Oc2cc(-c3nc(C(C)C)cs3)nc3c(Cl)c(OCCOC)ccc23)[C@H]2CC[C@H](C(C)(C)C)C(=O)N21)C(=O)NS(=O)(=O)C1CC1.C=C[C@@H]1C[C@]1(CC(=O)[C@@H]1C[C@@H](Oc2cc(-c3nc(C(C)C)cs3)nc3c(Cl)c(OCCOC)ccc23)[C@H]2CN[C@H](C(C)(C)C)C(=O)N21)C(=O)NS(=O)(=O)C1CC1. The lowest BCUT2D eigenvalue weighted by atomic mass is 9.74. The topological polar surface area (TPSA) is 320 Å². The Morgan fingerprint density at radius 3 is 1.41 bits per heavy atom. The van der Waals surface area contributed by atoms with Crippen LogP contribution in [0.15, 0.2) is 72.5 Å². The van der Waals surface area contributed by atoms with Crippen LogP contribution in [0.2, 0.25) is 10.0 Å². The highest BCUT2D eigenvalue weighted by Gasteiger charge is 2.65. The van der Waals surface area contributed by atoms with Crippen LogP contribution in [-0.4, -0.2) is 182 Å². The van der Waals surface area contributed by atoms with E-state index in [-0.39, 0.29) is 90.7 Å². The number of hydrogen-bond acceptors (Lipinski definition) is 23. The molecule has 4 amide bonds. The number of carbonyl (C=O) groups is 6. The fraction of sp³-hybridized carbons (Fsp3) is 0.580. The van der Waals surface area contributed by atoms with Crippen molar-refractivity contribution in [2.75, 3.05) is 47.2 Å². The van der Waals surface area contributed by atoms with Crippen molar-refractivity contribution in [2.45, 2.75) is 211 Å². The maximum atomic E-state index is 14.6. The van der Waals surface area contributed by atoms with Gasteiger partial charge in [0.1, 0.15) is 79.9 Å². The van der Waals surface area contributed by atoms with Gasteiger partial charge in [0.15, 0.2) is 11.6 Å². The van der Waals surface area contributed by atoms with E-state index in [4.69, 9.17) is 71.6 Å². The average Bonchev–Trinajstić information content (AvgIpc) is 1.58. The highest BCUT2D eigenvalue weighted by molar-refractivity contribution is 7.91. The Morgan fingerprint density at radius 2 is 1.04 bits per heavy atom. The van der Waals surface area contributed by atoms with Crippen molar-refractivity contribution in [1.29, 1.82) is 0 Å². The molecule has 25 nitrogen and oxygen atoms in total. The number of piperidine rings is 1. The number of methoxy groups -OCH3 is 2. The number of ketones is 2. The first-order valence-corrected chi connectivity index (χ1v) is 44.1. The molecule has 4 aliphatic heterocycles. The second-order valence-electron chi connectivity index (χ2n) is 33.9. The number of piperazine rings is 1. The van der Waals surface area contributed by atoms with Gasteiger partial charge < -0.3 is 43.5 Å². The lowest BCUT2D eigenvalue weighted by molar-refractivity contribution is -0.151. The number of nitrogens with zero attached hydrogens (tertiary/aromatic N) is 6. The van der Waals surface area contributed by atoms with Gasteiger partial charge in [-0.25, -0.2) is 36.8 Å². The fourth-order valence-corrected chi connectivity index (χ4v) is 21.4. The molecule has 3 N–H and O–H groups in total. The van der Waals surface area contributed by atoms with Gasteiger partial charge in [0, 0.05) is 86.0 Å². The Hall–Kier alpha value is -7.22. The number of ether oxygens (including phenoxy) is 6. The minimum Gasteiger partial charge on any atom is -0.490 e. The van der Waals surface area contributed by atoms with Crippen molar-refractivity contribution in [3.8, 4) is 44.4 Å². The van der Waals surface area contributed by atoms with Crippen molar-refractivity contribution in [1.82, 2.24) is 44.5 Å². The number of carbonyl (C=O) groups excluding carboxylic acids is 6. The predicted octanol–water partition coefficient (Wildman–Crippen LogP) is 12.7. The summed E-state index contributed by atoms with van der Waals surface area (Å²) in [6.07, 6.45) is 5.73. The normalized spacial score (nSPS) is 26.3. The van der Waals surface area contributed by atoms with Crippen molar-refractivity contribution < 1.29 is 74.0 Å². The van der Waals surface area contributed by atoms with Gasteiger partial charge in [0.2, 0.25) is 43.7 Å². The van der Waals surface area contributed by atoms with E-state index in [2.05, 4.69) is 55.6 Å². The molecule has 8 fully saturated rings. The van der Waals surface area contributed by atoms with Gasteiger partial charge in [0.25, 0.3) is 0 Å². The maximum Gasteiger partial charge on any atom is 0.241 e. The van der Waals surface area contributed by atoms with E-state index in [0.29, 0.717) is 154 Å². The van der Waals surface area contributed by atoms with Crippen molar-refractivity contribution in [3.63, 3.8) is 0 Å². The van der Waals surface area contributed by atoms with Gasteiger partial charge >= 0.3 is 0 Å². The van der Waals surface area contributed by atoms with Crippen LogP contribution in [0, 0.1) is 39.4 Å². The highest BCUT2D eigenvalue weighted by atomic mass is 35.5. The summed E-state index contributed by atoms with van der Waals surface area (Å²) in [5, 5.41) is 9.47. The van der Waals surface area contributed by atoms with Crippen LogP contribution in [0.3, 0.4) is 0 Å². The number of fused-ring (bicyclic) bond motifs is 4. The van der Waals surface area contributed by atoms with Crippen LogP contribution in [-0.2, 0) is 58.3 Å². The minimum absolute atomic E-state index is 0.116. The number of thiazole rings is 2. The molecule has 0 unspecified atom stereocenters. The number of amides is 4. The number of hydrogen-bond donors (Lipinski definition) is 3. The smallest absolute Gasteiger partial charge is 0.241 e. The number of pyridine rings is 2. The first-order chi connectivity index (χ1) is 53.0. The summed E-state index contributed by atoms with van der Waals surface area (Å²) in [6.45, 7) is 29.7. The van der Waals surface area contributed by atoms with Crippen LogP contribution in [0.4, 0.5) is 0 Å². The Labute approximate surface area is 672 Å².